The van der Waals surface area contributed by atoms with Crippen molar-refractivity contribution in [2.45, 2.75) is 18.9 Å². The molecule has 1 atom stereocenters. The van der Waals surface area contributed by atoms with Gasteiger partial charge in [-0.3, -0.25) is 9.79 Å². The van der Waals surface area contributed by atoms with Gasteiger partial charge in [-0.05, 0) is 31.0 Å². The lowest BCUT2D eigenvalue weighted by Crippen LogP contribution is -2.43. The van der Waals surface area contributed by atoms with E-state index in [1.807, 2.05) is 0 Å². The number of carbonyl (C=O) groups excluding carboxylic acids is 1. The van der Waals surface area contributed by atoms with Crippen molar-refractivity contribution in [3.05, 3.63) is 33.8 Å². The van der Waals surface area contributed by atoms with Gasteiger partial charge in [0.05, 0.1) is 16.1 Å². The van der Waals surface area contributed by atoms with Crippen molar-refractivity contribution in [1.29, 1.82) is 0 Å². The van der Waals surface area contributed by atoms with Crippen molar-refractivity contribution in [3.63, 3.8) is 0 Å². The monoisotopic (exact) mass is 372 g/mol. The quantitative estimate of drug-likeness (QED) is 0.406. The number of ether oxygens (including phenoxy) is 1. The van der Waals surface area contributed by atoms with Crippen LogP contribution in [0.1, 0.15) is 23.2 Å². The van der Waals surface area contributed by atoms with E-state index in [-0.39, 0.29) is 12.0 Å². The Morgan fingerprint density at radius 1 is 1.25 bits per heavy atom. The summed E-state index contributed by atoms with van der Waals surface area (Å²) < 4.78 is 5.55. The van der Waals surface area contributed by atoms with E-state index in [9.17, 15) is 4.79 Å². The van der Waals surface area contributed by atoms with Crippen LogP contribution in [0, 0.1) is 0 Å². The SMILES string of the molecule is CN=C(NCCNC(=O)c1ccc(Cl)c(Cl)c1)NCC1CCCO1. The minimum atomic E-state index is -0.197. The third-order valence-corrected chi connectivity index (χ3v) is 4.37. The Hall–Kier alpha value is -1.50. The molecule has 6 nitrogen and oxygen atoms in total. The van der Waals surface area contributed by atoms with Crippen molar-refractivity contribution in [2.24, 2.45) is 4.99 Å². The van der Waals surface area contributed by atoms with Crippen LogP contribution < -0.4 is 16.0 Å². The Kier molecular flexibility index (Phi) is 7.62. The minimum Gasteiger partial charge on any atom is -0.376 e. The van der Waals surface area contributed by atoms with Gasteiger partial charge in [-0.1, -0.05) is 23.2 Å². The predicted octanol–water partition coefficient (Wildman–Crippen LogP) is 2.07. The molecule has 1 aliphatic rings. The number of guanidine groups is 1. The molecular weight excluding hydrogens is 351 g/mol. The summed E-state index contributed by atoms with van der Waals surface area (Å²) in [7, 11) is 1.71. The van der Waals surface area contributed by atoms with Crippen molar-refractivity contribution >= 4 is 35.1 Å². The molecule has 1 aromatic carbocycles. The van der Waals surface area contributed by atoms with E-state index in [4.69, 9.17) is 27.9 Å². The summed E-state index contributed by atoms with van der Waals surface area (Å²) in [6.45, 7) is 2.58. The highest BCUT2D eigenvalue weighted by Crippen LogP contribution is 2.22. The lowest BCUT2D eigenvalue weighted by atomic mass is 10.2. The van der Waals surface area contributed by atoms with Crippen LogP contribution in [0.15, 0.2) is 23.2 Å². The molecule has 132 valence electrons. The summed E-state index contributed by atoms with van der Waals surface area (Å²) in [4.78, 5) is 16.2. The maximum absolute atomic E-state index is 12.0. The highest BCUT2D eigenvalue weighted by atomic mass is 35.5. The van der Waals surface area contributed by atoms with Crippen LogP contribution in [0.25, 0.3) is 0 Å². The van der Waals surface area contributed by atoms with Crippen molar-refractivity contribution in [1.82, 2.24) is 16.0 Å². The normalized spacial score (nSPS) is 17.6. The molecule has 0 aromatic heterocycles. The third-order valence-electron chi connectivity index (χ3n) is 3.63. The topological polar surface area (TPSA) is 74.8 Å². The van der Waals surface area contributed by atoms with Crippen LogP contribution >= 0.6 is 23.2 Å². The molecule has 3 N–H and O–H groups in total. The Bertz CT molecular complexity index is 589. The van der Waals surface area contributed by atoms with Gasteiger partial charge in [0.25, 0.3) is 5.91 Å². The summed E-state index contributed by atoms with van der Waals surface area (Å²) in [5.41, 5.74) is 0.477. The summed E-state index contributed by atoms with van der Waals surface area (Å²) in [5, 5.41) is 9.96. The van der Waals surface area contributed by atoms with Crippen LogP contribution in [0.5, 0.6) is 0 Å². The lowest BCUT2D eigenvalue weighted by Gasteiger charge is -2.15. The Morgan fingerprint density at radius 2 is 2.04 bits per heavy atom. The van der Waals surface area contributed by atoms with Crippen LogP contribution in [0.4, 0.5) is 0 Å². The van der Waals surface area contributed by atoms with Crippen LogP contribution in [0.2, 0.25) is 10.0 Å². The molecule has 0 saturated carbocycles. The van der Waals surface area contributed by atoms with Crippen molar-refractivity contribution in [3.8, 4) is 0 Å². The number of hydrogen-bond acceptors (Lipinski definition) is 3. The molecule has 1 heterocycles. The molecule has 1 aromatic rings. The number of nitrogens with zero attached hydrogens (tertiary/aromatic N) is 1. The lowest BCUT2D eigenvalue weighted by molar-refractivity contribution is 0.0954. The van der Waals surface area contributed by atoms with E-state index in [1.165, 1.54) is 0 Å². The van der Waals surface area contributed by atoms with E-state index < -0.39 is 0 Å². The fourth-order valence-electron chi connectivity index (χ4n) is 2.33. The van der Waals surface area contributed by atoms with Gasteiger partial charge in [0.1, 0.15) is 0 Å². The zero-order valence-electron chi connectivity index (χ0n) is 13.6. The summed E-state index contributed by atoms with van der Waals surface area (Å²) in [6, 6.07) is 4.79. The molecule has 1 fully saturated rings. The van der Waals surface area contributed by atoms with Crippen LogP contribution in [-0.4, -0.2) is 51.3 Å². The predicted molar refractivity (Wildman–Crippen MR) is 97.1 cm³/mol. The van der Waals surface area contributed by atoms with E-state index in [2.05, 4.69) is 20.9 Å². The van der Waals surface area contributed by atoms with E-state index >= 15 is 0 Å². The maximum Gasteiger partial charge on any atom is 0.251 e. The zero-order valence-corrected chi connectivity index (χ0v) is 15.1. The second-order valence-corrected chi connectivity index (χ2v) is 6.21. The number of rotatable bonds is 6. The molecule has 0 aliphatic carbocycles. The maximum atomic E-state index is 12.0. The molecule has 1 amide bonds. The molecule has 24 heavy (non-hydrogen) atoms. The number of halogens is 2. The van der Waals surface area contributed by atoms with Crippen LogP contribution in [0.3, 0.4) is 0 Å². The Balaban J connectivity index is 1.67. The first kappa shape index (κ1) is 18.8. The van der Waals surface area contributed by atoms with E-state index in [0.29, 0.717) is 34.7 Å². The molecule has 0 bridgehead atoms. The minimum absolute atomic E-state index is 0.197. The number of hydrogen-bond donors (Lipinski definition) is 3. The fraction of sp³-hybridized carbons (Fsp3) is 0.500. The largest absolute Gasteiger partial charge is 0.376 e. The average Bonchev–Trinajstić information content (AvgIpc) is 3.10. The van der Waals surface area contributed by atoms with E-state index in [1.54, 1.807) is 25.2 Å². The van der Waals surface area contributed by atoms with Gasteiger partial charge >= 0.3 is 0 Å². The van der Waals surface area contributed by atoms with Crippen molar-refractivity contribution < 1.29 is 9.53 Å². The Morgan fingerprint density at radius 3 is 2.71 bits per heavy atom. The molecule has 1 aliphatic heterocycles. The first-order valence-electron chi connectivity index (χ1n) is 7.89. The number of carbonyl (C=O) groups is 1. The van der Waals surface area contributed by atoms with Crippen LogP contribution in [-0.2, 0) is 4.74 Å². The van der Waals surface area contributed by atoms with Gasteiger partial charge in [0, 0.05) is 38.9 Å². The van der Waals surface area contributed by atoms with Gasteiger partial charge in [-0.15, -0.1) is 0 Å². The van der Waals surface area contributed by atoms with Gasteiger partial charge in [0.15, 0.2) is 5.96 Å². The van der Waals surface area contributed by atoms with Gasteiger partial charge < -0.3 is 20.7 Å². The summed E-state index contributed by atoms with van der Waals surface area (Å²) in [5.74, 6) is 0.493. The third kappa shape index (κ3) is 5.85. The highest BCUT2D eigenvalue weighted by Gasteiger charge is 2.15. The standard InChI is InChI=1S/C16H22Cl2N4O2/c1-19-16(22-10-12-3-2-8-24-12)21-7-6-20-15(23)11-4-5-13(17)14(18)9-11/h4-5,9,12H,2-3,6-8,10H2,1H3,(H,20,23)(H2,19,21,22). The molecular formula is C16H22Cl2N4O2. The number of benzene rings is 1. The first-order valence-corrected chi connectivity index (χ1v) is 8.65. The van der Waals surface area contributed by atoms with E-state index in [0.717, 1.165) is 26.0 Å². The zero-order chi connectivity index (χ0) is 17.4. The first-order chi connectivity index (χ1) is 11.6. The fourth-order valence-corrected chi connectivity index (χ4v) is 2.63. The molecule has 1 saturated heterocycles. The summed E-state index contributed by atoms with van der Waals surface area (Å²) in [6.07, 6.45) is 2.43. The molecule has 8 heteroatoms. The molecule has 2 rings (SSSR count). The Labute approximate surface area is 152 Å². The van der Waals surface area contributed by atoms with Gasteiger partial charge in [0.2, 0.25) is 0 Å². The smallest absolute Gasteiger partial charge is 0.251 e. The highest BCUT2D eigenvalue weighted by molar-refractivity contribution is 6.42. The molecule has 1 unspecified atom stereocenters. The second kappa shape index (κ2) is 9.71. The van der Waals surface area contributed by atoms with Crippen molar-refractivity contribution in [2.75, 3.05) is 33.3 Å². The second-order valence-electron chi connectivity index (χ2n) is 5.40. The molecule has 0 radical (unpaired) electrons. The number of amides is 1. The molecule has 0 spiro atoms. The summed E-state index contributed by atoms with van der Waals surface area (Å²) >= 11 is 11.7. The number of aliphatic imine (C=N–C) groups is 1. The van der Waals surface area contributed by atoms with Gasteiger partial charge in [-0.2, -0.15) is 0 Å². The number of nitrogens with one attached hydrogen (secondary N) is 3. The van der Waals surface area contributed by atoms with Gasteiger partial charge in [-0.25, -0.2) is 0 Å². The average molecular weight is 373 g/mol.